The summed E-state index contributed by atoms with van der Waals surface area (Å²) >= 11 is 3.19. The Kier molecular flexibility index (Phi) is 4.59. The molecule has 9 heteroatoms. The Bertz CT molecular complexity index is 1240. The van der Waals surface area contributed by atoms with E-state index in [4.69, 9.17) is 9.40 Å². The Morgan fingerprint density at radius 3 is 3.07 bits per heavy atom. The zero-order valence-electron chi connectivity index (χ0n) is 16.4. The van der Waals surface area contributed by atoms with Gasteiger partial charge >= 0.3 is 0 Å². The molecule has 0 aromatic carbocycles. The molecule has 1 aliphatic carbocycles. The maximum atomic E-state index is 12.9. The molecule has 2 unspecified atom stereocenters. The van der Waals surface area contributed by atoms with Crippen LogP contribution in [0.4, 0.5) is 0 Å². The van der Waals surface area contributed by atoms with Crippen LogP contribution in [-0.4, -0.2) is 24.7 Å². The van der Waals surface area contributed by atoms with Crippen LogP contribution >= 0.6 is 23.1 Å². The Morgan fingerprint density at radius 1 is 1.41 bits per heavy atom. The highest BCUT2D eigenvalue weighted by atomic mass is 32.2. The molecule has 0 saturated carbocycles. The van der Waals surface area contributed by atoms with Crippen molar-refractivity contribution in [3.8, 4) is 11.6 Å². The van der Waals surface area contributed by atoms with Crippen LogP contribution in [0.2, 0.25) is 0 Å². The summed E-state index contributed by atoms with van der Waals surface area (Å²) in [4.78, 5) is 22.9. The smallest absolute Gasteiger partial charge is 0.259 e. The third kappa shape index (κ3) is 3.22. The number of rotatable bonds is 4. The highest BCUT2D eigenvalue weighted by molar-refractivity contribution is 7.99. The van der Waals surface area contributed by atoms with Gasteiger partial charge in [-0.3, -0.25) is 4.79 Å². The van der Waals surface area contributed by atoms with Crippen LogP contribution in [-0.2, 0) is 19.9 Å². The van der Waals surface area contributed by atoms with Gasteiger partial charge in [0.2, 0.25) is 0 Å². The summed E-state index contributed by atoms with van der Waals surface area (Å²) in [5, 5.41) is 9.97. The van der Waals surface area contributed by atoms with Crippen LogP contribution in [0.25, 0.3) is 21.8 Å². The number of nitrogens with zero attached hydrogens (tertiary/aromatic N) is 4. The first kappa shape index (κ1) is 18.6. The van der Waals surface area contributed by atoms with E-state index in [0.29, 0.717) is 23.3 Å². The van der Waals surface area contributed by atoms with E-state index in [-0.39, 0.29) is 10.8 Å². The Hall–Kier alpha value is -2.39. The van der Waals surface area contributed by atoms with Crippen LogP contribution in [0.15, 0.2) is 32.8 Å². The lowest BCUT2D eigenvalue weighted by Gasteiger charge is -2.17. The Morgan fingerprint density at radius 2 is 2.28 bits per heavy atom. The molecule has 150 valence electrons. The predicted molar refractivity (Wildman–Crippen MR) is 114 cm³/mol. The average Bonchev–Trinajstić information content (AvgIpc) is 3.40. The molecular formula is C20H21N5O2S2. The SMILES string of the molecule is CC1CCc2c(sc3nc(C(C)Sc4nnc(-c5ccco5)n4C)[nH]c(=O)c23)C1. The maximum absolute atomic E-state index is 12.9. The van der Waals surface area contributed by atoms with E-state index in [1.165, 1.54) is 22.2 Å². The van der Waals surface area contributed by atoms with E-state index in [0.717, 1.165) is 34.6 Å². The standard InChI is InChI=1S/C20H21N5O2S2/c1-10-6-7-12-14(9-10)29-19-15(12)18(26)21-16(22-19)11(2)28-20-24-23-17(25(20)3)13-5-4-8-27-13/h4-5,8,10-11H,6-7,9H2,1-3H3,(H,21,22,26). The zero-order chi connectivity index (χ0) is 20.1. The Labute approximate surface area is 175 Å². The molecule has 0 aliphatic heterocycles. The first-order valence-electron chi connectivity index (χ1n) is 9.65. The van der Waals surface area contributed by atoms with E-state index >= 15 is 0 Å². The number of aryl methyl sites for hydroxylation is 1. The fourth-order valence-electron chi connectivity index (χ4n) is 3.81. The lowest BCUT2D eigenvalue weighted by atomic mass is 9.89. The topological polar surface area (TPSA) is 89.6 Å². The molecule has 2 atom stereocenters. The number of fused-ring (bicyclic) bond motifs is 3. The fourth-order valence-corrected chi connectivity index (χ4v) is 6.07. The second-order valence-corrected chi connectivity index (χ2v) is 9.98. The molecule has 0 saturated heterocycles. The molecule has 5 rings (SSSR count). The molecule has 29 heavy (non-hydrogen) atoms. The van der Waals surface area contributed by atoms with Crippen molar-refractivity contribution in [1.82, 2.24) is 24.7 Å². The summed E-state index contributed by atoms with van der Waals surface area (Å²) in [6, 6.07) is 3.68. The second kappa shape index (κ2) is 7.14. The number of H-pyrrole nitrogens is 1. The average molecular weight is 428 g/mol. The maximum Gasteiger partial charge on any atom is 0.259 e. The summed E-state index contributed by atoms with van der Waals surface area (Å²) in [6.07, 6.45) is 4.77. The van der Waals surface area contributed by atoms with Crippen molar-refractivity contribution in [2.75, 3.05) is 0 Å². The number of hydrogen-bond donors (Lipinski definition) is 1. The normalized spacial score (nSPS) is 17.6. The number of furan rings is 1. The number of aromatic nitrogens is 5. The quantitative estimate of drug-likeness (QED) is 0.487. The summed E-state index contributed by atoms with van der Waals surface area (Å²) in [7, 11) is 1.90. The molecule has 4 heterocycles. The van der Waals surface area contributed by atoms with Crippen molar-refractivity contribution in [3.63, 3.8) is 0 Å². The van der Waals surface area contributed by atoms with E-state index in [1.54, 1.807) is 17.6 Å². The minimum absolute atomic E-state index is 0.0289. The second-order valence-electron chi connectivity index (χ2n) is 7.59. The molecule has 0 spiro atoms. The lowest BCUT2D eigenvalue weighted by Crippen LogP contribution is -2.15. The summed E-state index contributed by atoms with van der Waals surface area (Å²) < 4.78 is 7.31. The van der Waals surface area contributed by atoms with Crippen molar-refractivity contribution in [2.24, 2.45) is 13.0 Å². The molecule has 4 aromatic rings. The van der Waals surface area contributed by atoms with Gasteiger partial charge in [-0.25, -0.2) is 4.98 Å². The van der Waals surface area contributed by atoms with Crippen LogP contribution in [0.1, 0.15) is 41.8 Å². The van der Waals surface area contributed by atoms with E-state index in [2.05, 4.69) is 22.1 Å². The van der Waals surface area contributed by atoms with E-state index in [1.807, 2.05) is 30.7 Å². The predicted octanol–water partition coefficient (Wildman–Crippen LogP) is 4.35. The summed E-state index contributed by atoms with van der Waals surface area (Å²) in [5.41, 5.74) is 1.18. The highest BCUT2D eigenvalue weighted by Crippen LogP contribution is 2.38. The van der Waals surface area contributed by atoms with Gasteiger partial charge in [0.05, 0.1) is 16.9 Å². The molecule has 0 radical (unpaired) electrons. The van der Waals surface area contributed by atoms with Gasteiger partial charge in [-0.05, 0) is 49.8 Å². The molecule has 0 bridgehead atoms. The minimum atomic E-state index is -0.0718. The molecule has 7 nitrogen and oxygen atoms in total. The molecule has 0 fully saturated rings. The van der Waals surface area contributed by atoms with Gasteiger partial charge < -0.3 is 14.0 Å². The summed E-state index contributed by atoms with van der Waals surface area (Å²) in [6.45, 7) is 4.29. The van der Waals surface area contributed by atoms with Crippen LogP contribution < -0.4 is 5.56 Å². The third-order valence-corrected chi connectivity index (χ3v) is 7.72. The minimum Gasteiger partial charge on any atom is -0.461 e. The van der Waals surface area contributed by atoms with Gasteiger partial charge in [0.15, 0.2) is 16.7 Å². The molecule has 4 aromatic heterocycles. The summed E-state index contributed by atoms with van der Waals surface area (Å²) in [5.74, 6) is 2.68. The molecule has 1 N–H and O–H groups in total. The van der Waals surface area contributed by atoms with Crippen molar-refractivity contribution < 1.29 is 4.42 Å². The molecule has 1 aliphatic rings. The molecule has 0 amide bonds. The number of aromatic amines is 1. The van der Waals surface area contributed by atoms with Crippen LogP contribution in [0, 0.1) is 5.92 Å². The van der Waals surface area contributed by atoms with Crippen molar-refractivity contribution >= 4 is 33.3 Å². The van der Waals surface area contributed by atoms with Crippen molar-refractivity contribution in [1.29, 1.82) is 0 Å². The lowest BCUT2D eigenvalue weighted by molar-refractivity contribution is 0.509. The van der Waals surface area contributed by atoms with Crippen LogP contribution in [0.5, 0.6) is 0 Å². The van der Waals surface area contributed by atoms with Crippen molar-refractivity contribution in [2.45, 2.75) is 43.5 Å². The third-order valence-electron chi connectivity index (χ3n) is 5.43. The highest BCUT2D eigenvalue weighted by Gasteiger charge is 2.24. The van der Waals surface area contributed by atoms with Crippen LogP contribution in [0.3, 0.4) is 0 Å². The van der Waals surface area contributed by atoms with Gasteiger partial charge in [-0.1, -0.05) is 18.7 Å². The van der Waals surface area contributed by atoms with Gasteiger partial charge in [-0.2, -0.15) is 0 Å². The number of thiophene rings is 1. The molecular weight excluding hydrogens is 406 g/mol. The largest absolute Gasteiger partial charge is 0.461 e. The van der Waals surface area contributed by atoms with Gasteiger partial charge in [0.1, 0.15) is 10.7 Å². The first-order valence-corrected chi connectivity index (χ1v) is 11.3. The Balaban J connectivity index is 1.46. The number of nitrogens with one attached hydrogen (secondary N) is 1. The van der Waals surface area contributed by atoms with E-state index in [9.17, 15) is 4.79 Å². The van der Waals surface area contributed by atoms with Gasteiger partial charge in [0, 0.05) is 11.9 Å². The van der Waals surface area contributed by atoms with E-state index < -0.39 is 0 Å². The number of thioether (sulfide) groups is 1. The van der Waals surface area contributed by atoms with Crippen molar-refractivity contribution in [3.05, 3.63) is 45.0 Å². The monoisotopic (exact) mass is 427 g/mol. The van der Waals surface area contributed by atoms with Gasteiger partial charge in [-0.15, -0.1) is 21.5 Å². The van der Waals surface area contributed by atoms with Gasteiger partial charge in [0.25, 0.3) is 5.56 Å². The first-order chi connectivity index (χ1) is 14.0. The zero-order valence-corrected chi connectivity index (χ0v) is 18.1. The number of hydrogen-bond acceptors (Lipinski definition) is 7. The fraction of sp³-hybridized carbons (Fsp3) is 0.400.